The van der Waals surface area contributed by atoms with Gasteiger partial charge in [-0.3, -0.25) is 4.79 Å². The van der Waals surface area contributed by atoms with Crippen LogP contribution in [-0.4, -0.2) is 55.3 Å². The molecule has 0 unspecified atom stereocenters. The number of rotatable bonds is 9. The topological polar surface area (TPSA) is 86.6 Å². The number of hydrogen-bond acceptors (Lipinski definition) is 4. The van der Waals surface area contributed by atoms with Crippen LogP contribution >= 0.6 is 0 Å². The van der Waals surface area contributed by atoms with Gasteiger partial charge in [-0.05, 0) is 85.7 Å². The van der Waals surface area contributed by atoms with Gasteiger partial charge in [-0.15, -0.1) is 0 Å². The molecule has 7 heteroatoms. The number of benzene rings is 3. The Morgan fingerprint density at radius 2 is 1.67 bits per heavy atom. The summed E-state index contributed by atoms with van der Waals surface area (Å²) >= 11 is 0. The van der Waals surface area contributed by atoms with Crippen LogP contribution in [0.3, 0.4) is 0 Å². The number of hydrogen-bond donors (Lipinski definition) is 3. The molecule has 1 aliphatic carbocycles. The predicted molar refractivity (Wildman–Crippen MR) is 174 cm³/mol. The van der Waals surface area contributed by atoms with Crippen molar-refractivity contribution in [2.24, 2.45) is 0 Å². The number of carbonyl (C=O) groups is 2. The fourth-order valence-corrected chi connectivity index (χ4v) is 7.15. The van der Waals surface area contributed by atoms with Gasteiger partial charge in [0.25, 0.3) is 5.91 Å². The number of carboxylic acid groups (broad SMARTS) is 1. The molecule has 1 fully saturated rings. The fourth-order valence-electron chi connectivity index (χ4n) is 7.15. The third-order valence-corrected chi connectivity index (χ3v) is 9.37. The van der Waals surface area contributed by atoms with E-state index in [0.29, 0.717) is 17.0 Å². The lowest BCUT2D eigenvalue weighted by atomic mass is 9.81. The van der Waals surface area contributed by atoms with E-state index in [0.717, 1.165) is 50.1 Å². The summed E-state index contributed by atoms with van der Waals surface area (Å²) in [7, 11) is 3.66. The van der Waals surface area contributed by atoms with Gasteiger partial charge in [0.15, 0.2) is 0 Å². The van der Waals surface area contributed by atoms with Gasteiger partial charge in [-0.2, -0.15) is 0 Å². The van der Waals surface area contributed by atoms with Crippen molar-refractivity contribution in [2.75, 3.05) is 38.6 Å². The molecule has 0 radical (unpaired) electrons. The van der Waals surface area contributed by atoms with Crippen molar-refractivity contribution >= 4 is 28.5 Å². The fraction of sp³-hybridized carbons (Fsp3) is 0.389. The lowest BCUT2D eigenvalue weighted by Crippen LogP contribution is -2.32. The lowest BCUT2D eigenvalue weighted by molar-refractivity contribution is 0.0696. The molecule has 0 saturated heterocycles. The van der Waals surface area contributed by atoms with Crippen LogP contribution in [0.5, 0.6) is 0 Å². The summed E-state index contributed by atoms with van der Waals surface area (Å²) in [4.78, 5) is 26.6. The highest BCUT2D eigenvalue weighted by Crippen LogP contribution is 2.47. The second-order valence-electron chi connectivity index (χ2n) is 12.0. The first-order chi connectivity index (χ1) is 21.0. The van der Waals surface area contributed by atoms with Crippen LogP contribution in [-0.2, 0) is 19.4 Å². The van der Waals surface area contributed by atoms with Crippen molar-refractivity contribution < 1.29 is 14.7 Å². The number of likely N-dealkylation sites (N-methyl/N-ethyl adjacent to an activating group) is 1. The van der Waals surface area contributed by atoms with E-state index in [-0.39, 0.29) is 5.91 Å². The number of anilines is 1. The van der Waals surface area contributed by atoms with Crippen molar-refractivity contribution in [1.29, 1.82) is 0 Å². The summed E-state index contributed by atoms with van der Waals surface area (Å²) < 4.78 is 2.41. The van der Waals surface area contributed by atoms with Crippen molar-refractivity contribution in [3.63, 3.8) is 0 Å². The van der Waals surface area contributed by atoms with E-state index in [2.05, 4.69) is 50.4 Å². The minimum atomic E-state index is -0.883. The zero-order valence-corrected chi connectivity index (χ0v) is 25.3. The minimum absolute atomic E-state index is 0.0632. The Kier molecular flexibility index (Phi) is 8.52. The molecule has 4 aromatic rings. The van der Waals surface area contributed by atoms with Gasteiger partial charge in [-0.25, -0.2) is 4.79 Å². The van der Waals surface area contributed by atoms with Crippen LogP contribution in [0.15, 0.2) is 60.7 Å². The van der Waals surface area contributed by atoms with E-state index in [1.807, 2.05) is 31.3 Å². The summed E-state index contributed by atoms with van der Waals surface area (Å²) in [6, 6.07) is 20.5. The minimum Gasteiger partial charge on any atom is -0.478 e. The summed E-state index contributed by atoms with van der Waals surface area (Å²) in [5.41, 5.74) is 9.67. The quantitative estimate of drug-likeness (QED) is 0.219. The van der Waals surface area contributed by atoms with E-state index in [1.54, 1.807) is 13.1 Å². The normalized spacial score (nSPS) is 15.2. The van der Waals surface area contributed by atoms with Crippen LogP contribution in [0.4, 0.5) is 5.69 Å². The highest BCUT2D eigenvalue weighted by Gasteiger charge is 2.30. The molecule has 224 valence electrons. The molecule has 2 aliphatic rings. The molecule has 1 saturated carbocycles. The zero-order chi connectivity index (χ0) is 29.9. The molecular formula is C36H42N4O3. The molecule has 0 bridgehead atoms. The summed E-state index contributed by atoms with van der Waals surface area (Å²) in [5.74, 6) is -0.467. The molecule has 2 heterocycles. The predicted octanol–water partition coefficient (Wildman–Crippen LogP) is 6.24. The smallest absolute Gasteiger partial charge is 0.335 e. The first-order valence-electron chi connectivity index (χ1n) is 15.7. The highest BCUT2D eigenvalue weighted by atomic mass is 16.4. The molecule has 43 heavy (non-hydrogen) atoms. The van der Waals surface area contributed by atoms with Gasteiger partial charge in [0.05, 0.1) is 11.3 Å². The summed E-state index contributed by atoms with van der Waals surface area (Å²) in [5, 5.41) is 17.1. The maximum Gasteiger partial charge on any atom is 0.335 e. The SMILES string of the molecule is CNCCN1CCn2c(c(C3CCCCC3)c3ccc(C(=O)O)cc32)-c2ccc(CCc3cccc(C(=O)NC)c3)cc21. The second-order valence-corrected chi connectivity index (χ2v) is 12.0. The monoisotopic (exact) mass is 578 g/mol. The molecule has 0 spiro atoms. The van der Waals surface area contributed by atoms with E-state index in [4.69, 9.17) is 0 Å². The highest BCUT2D eigenvalue weighted by molar-refractivity contribution is 5.99. The molecule has 6 rings (SSSR count). The Bertz CT molecular complexity index is 1650. The number of amides is 1. The summed E-state index contributed by atoms with van der Waals surface area (Å²) in [6.07, 6.45) is 7.86. The Morgan fingerprint density at radius 1 is 0.884 bits per heavy atom. The van der Waals surface area contributed by atoms with Gasteiger partial charge in [0.1, 0.15) is 0 Å². The summed E-state index contributed by atoms with van der Waals surface area (Å²) in [6.45, 7) is 3.43. The number of fused-ring (bicyclic) bond motifs is 5. The Balaban J connectivity index is 1.44. The third kappa shape index (κ3) is 5.78. The van der Waals surface area contributed by atoms with Crippen molar-refractivity contribution in [3.8, 4) is 11.3 Å². The first kappa shape index (κ1) is 29.0. The number of carboxylic acids is 1. The van der Waals surface area contributed by atoms with Crippen molar-refractivity contribution in [3.05, 3.63) is 88.5 Å². The number of carbonyl (C=O) groups excluding carboxylic acids is 1. The van der Waals surface area contributed by atoms with Gasteiger partial charge >= 0.3 is 5.97 Å². The van der Waals surface area contributed by atoms with Gasteiger partial charge in [-0.1, -0.05) is 49.6 Å². The van der Waals surface area contributed by atoms with E-state index < -0.39 is 5.97 Å². The average molecular weight is 579 g/mol. The van der Waals surface area contributed by atoms with Crippen molar-refractivity contribution in [2.45, 2.75) is 57.4 Å². The van der Waals surface area contributed by atoms with Gasteiger partial charge < -0.3 is 25.2 Å². The van der Waals surface area contributed by atoms with Gasteiger partial charge in [0, 0.05) is 60.9 Å². The Hall–Kier alpha value is -4.10. The zero-order valence-electron chi connectivity index (χ0n) is 25.3. The molecule has 1 aromatic heterocycles. The van der Waals surface area contributed by atoms with E-state index >= 15 is 0 Å². The number of nitrogens with one attached hydrogen (secondary N) is 2. The molecule has 7 nitrogen and oxygen atoms in total. The Labute approximate surface area is 253 Å². The van der Waals surface area contributed by atoms with Crippen LogP contribution in [0, 0.1) is 0 Å². The van der Waals surface area contributed by atoms with Gasteiger partial charge in [0.2, 0.25) is 0 Å². The molecule has 1 aliphatic heterocycles. The second kappa shape index (κ2) is 12.6. The number of aromatic carboxylic acids is 1. The van der Waals surface area contributed by atoms with Crippen LogP contribution < -0.4 is 15.5 Å². The van der Waals surface area contributed by atoms with E-state index in [9.17, 15) is 14.7 Å². The molecule has 3 N–H and O–H groups in total. The number of aryl methyl sites for hydroxylation is 2. The largest absolute Gasteiger partial charge is 0.478 e. The first-order valence-corrected chi connectivity index (χ1v) is 15.7. The van der Waals surface area contributed by atoms with Crippen LogP contribution in [0.1, 0.15) is 75.4 Å². The van der Waals surface area contributed by atoms with E-state index in [1.165, 1.54) is 65.6 Å². The molecule has 3 aromatic carbocycles. The van der Waals surface area contributed by atoms with Crippen molar-refractivity contribution in [1.82, 2.24) is 15.2 Å². The molecular weight excluding hydrogens is 536 g/mol. The Morgan fingerprint density at radius 3 is 2.42 bits per heavy atom. The molecule has 0 atom stereocenters. The number of aromatic nitrogens is 1. The standard InChI is InChI=1S/C36H42N4O3/c1-37-17-18-39-19-20-40-32-23-28(36(42)43)14-16-29(32)33(26-8-4-3-5-9-26)34(40)30-15-13-25(22-31(30)39)12-11-24-7-6-10-27(21-24)35(41)38-2/h6-7,10,13-16,21-23,26,37H,3-5,8-9,11-12,17-20H2,1-2H3,(H,38,41)(H,42,43). The maximum absolute atomic E-state index is 12.2. The third-order valence-electron chi connectivity index (χ3n) is 9.37. The van der Waals surface area contributed by atoms with Crippen LogP contribution in [0.25, 0.3) is 22.2 Å². The average Bonchev–Trinajstić information content (AvgIpc) is 3.28. The number of nitrogens with zero attached hydrogens (tertiary/aromatic N) is 2. The van der Waals surface area contributed by atoms with Crippen LogP contribution in [0.2, 0.25) is 0 Å². The molecule has 1 amide bonds. The maximum atomic E-state index is 12.2. The lowest BCUT2D eigenvalue weighted by Gasteiger charge is -2.27.